The van der Waals surface area contributed by atoms with Crippen molar-refractivity contribution in [3.63, 3.8) is 0 Å². The largest absolute Gasteiger partial charge is 0.479 e. The summed E-state index contributed by atoms with van der Waals surface area (Å²) >= 11 is 0. The van der Waals surface area contributed by atoms with Crippen LogP contribution in [0.25, 0.3) is 0 Å². The molecule has 2 heterocycles. The molecule has 0 bridgehead atoms. The van der Waals surface area contributed by atoms with Crippen molar-refractivity contribution in [1.29, 1.82) is 0 Å². The molecular formula is C20H28O6. The number of aliphatic carboxylic acids is 1. The molecule has 1 aromatic heterocycles. The Balaban J connectivity index is 1.89. The maximum atomic E-state index is 11.3. The number of carboxylic acids is 1. The van der Waals surface area contributed by atoms with Crippen molar-refractivity contribution in [3.05, 3.63) is 24.2 Å². The maximum Gasteiger partial charge on any atom is 0.333 e. The SMILES string of the molecule is CC(C)(C)C(OCC#CCC(OC1CCCCO1)c1ccco1)C(=O)O. The van der Waals surface area contributed by atoms with Gasteiger partial charge in [-0.15, -0.1) is 0 Å². The molecule has 1 saturated heterocycles. The molecule has 0 spiro atoms. The van der Waals surface area contributed by atoms with Crippen molar-refractivity contribution in [2.75, 3.05) is 13.2 Å². The van der Waals surface area contributed by atoms with Crippen LogP contribution in [0.3, 0.4) is 0 Å². The van der Waals surface area contributed by atoms with Crippen molar-refractivity contribution >= 4 is 5.97 Å². The fraction of sp³-hybridized carbons (Fsp3) is 0.650. The van der Waals surface area contributed by atoms with Crippen LogP contribution < -0.4 is 0 Å². The van der Waals surface area contributed by atoms with Crippen molar-refractivity contribution in [3.8, 4) is 11.8 Å². The van der Waals surface area contributed by atoms with E-state index in [1.807, 2.05) is 32.9 Å². The first-order valence-electron chi connectivity index (χ1n) is 8.98. The van der Waals surface area contributed by atoms with Crippen LogP contribution in [0.4, 0.5) is 0 Å². The van der Waals surface area contributed by atoms with Gasteiger partial charge in [-0.1, -0.05) is 32.6 Å². The van der Waals surface area contributed by atoms with Gasteiger partial charge in [-0.3, -0.25) is 0 Å². The molecule has 3 atom stereocenters. The van der Waals surface area contributed by atoms with Crippen molar-refractivity contribution in [2.45, 2.75) is 65.0 Å². The molecule has 3 unspecified atom stereocenters. The molecule has 0 radical (unpaired) electrons. The standard InChI is InChI=1S/C20H28O6/c1-20(2,3)18(19(21)22)25-13-6-4-9-16(15-10-8-14-23-15)26-17-11-5-7-12-24-17/h8,10,14,16-18H,5,7,9,11-13H2,1-3H3,(H,21,22). The lowest BCUT2D eigenvalue weighted by Crippen LogP contribution is -2.37. The second kappa shape index (κ2) is 9.77. The summed E-state index contributed by atoms with van der Waals surface area (Å²) in [6.07, 6.45) is 3.56. The normalized spacial score (nSPS) is 20.0. The molecule has 6 heteroatoms. The summed E-state index contributed by atoms with van der Waals surface area (Å²) in [5.41, 5.74) is -0.494. The molecule has 0 aromatic carbocycles. The highest BCUT2D eigenvalue weighted by Gasteiger charge is 2.31. The third-order valence-electron chi connectivity index (χ3n) is 4.06. The van der Waals surface area contributed by atoms with E-state index in [-0.39, 0.29) is 19.0 Å². The van der Waals surface area contributed by atoms with Gasteiger partial charge in [-0.2, -0.15) is 0 Å². The molecule has 0 amide bonds. The summed E-state index contributed by atoms with van der Waals surface area (Å²) < 4.78 is 22.5. The Bertz CT molecular complexity index is 598. The van der Waals surface area contributed by atoms with E-state index in [4.69, 9.17) is 18.6 Å². The number of rotatable bonds is 7. The first kappa shape index (κ1) is 20.5. The van der Waals surface area contributed by atoms with E-state index in [0.29, 0.717) is 18.8 Å². The summed E-state index contributed by atoms with van der Waals surface area (Å²) in [6.45, 7) is 6.23. The Morgan fingerprint density at radius 2 is 2.19 bits per heavy atom. The zero-order chi connectivity index (χ0) is 19.0. The van der Waals surface area contributed by atoms with E-state index in [0.717, 1.165) is 19.3 Å². The lowest BCUT2D eigenvalue weighted by atomic mass is 9.89. The number of hydrogen-bond acceptors (Lipinski definition) is 5. The van der Waals surface area contributed by atoms with Crippen LogP contribution in [-0.2, 0) is 19.0 Å². The quantitative estimate of drug-likeness (QED) is 0.742. The van der Waals surface area contributed by atoms with Gasteiger partial charge in [0.1, 0.15) is 18.5 Å². The zero-order valence-corrected chi connectivity index (χ0v) is 15.7. The van der Waals surface area contributed by atoms with Crippen molar-refractivity contribution in [1.82, 2.24) is 0 Å². The fourth-order valence-corrected chi connectivity index (χ4v) is 2.72. The minimum Gasteiger partial charge on any atom is -0.479 e. The number of hydrogen-bond donors (Lipinski definition) is 1. The molecule has 144 valence electrons. The van der Waals surface area contributed by atoms with Gasteiger partial charge in [-0.25, -0.2) is 4.79 Å². The van der Waals surface area contributed by atoms with Crippen LogP contribution in [0.2, 0.25) is 0 Å². The van der Waals surface area contributed by atoms with E-state index in [1.165, 1.54) is 0 Å². The van der Waals surface area contributed by atoms with E-state index < -0.39 is 17.5 Å². The number of carboxylic acid groups (broad SMARTS) is 1. The third kappa shape index (κ3) is 6.49. The molecule has 1 aliphatic heterocycles. The van der Waals surface area contributed by atoms with Crippen molar-refractivity contribution < 1.29 is 28.5 Å². The summed E-state index contributed by atoms with van der Waals surface area (Å²) in [7, 11) is 0. The van der Waals surface area contributed by atoms with Gasteiger partial charge < -0.3 is 23.7 Å². The van der Waals surface area contributed by atoms with Crippen LogP contribution >= 0.6 is 0 Å². The summed E-state index contributed by atoms with van der Waals surface area (Å²) in [5, 5.41) is 9.24. The lowest BCUT2D eigenvalue weighted by Gasteiger charge is -2.26. The van der Waals surface area contributed by atoms with E-state index in [2.05, 4.69) is 11.8 Å². The Morgan fingerprint density at radius 3 is 2.77 bits per heavy atom. The maximum absolute atomic E-state index is 11.3. The van der Waals surface area contributed by atoms with Gasteiger partial charge >= 0.3 is 5.97 Å². The lowest BCUT2D eigenvalue weighted by molar-refractivity contribution is -0.192. The predicted octanol–water partition coefficient (Wildman–Crippen LogP) is 3.77. The minimum atomic E-state index is -0.981. The molecule has 2 rings (SSSR count). The Labute approximate surface area is 154 Å². The van der Waals surface area contributed by atoms with Crippen LogP contribution in [0.5, 0.6) is 0 Å². The Hall–Kier alpha value is -1.81. The van der Waals surface area contributed by atoms with Crippen molar-refractivity contribution in [2.24, 2.45) is 5.41 Å². The Morgan fingerprint density at radius 1 is 1.38 bits per heavy atom. The average Bonchev–Trinajstić information content (AvgIpc) is 3.10. The first-order valence-corrected chi connectivity index (χ1v) is 8.98. The first-order chi connectivity index (χ1) is 12.4. The van der Waals surface area contributed by atoms with Crippen LogP contribution in [0, 0.1) is 17.3 Å². The number of furan rings is 1. The highest BCUT2D eigenvalue weighted by molar-refractivity contribution is 5.73. The molecule has 1 aliphatic rings. The second-order valence-electron chi connectivity index (χ2n) is 7.39. The predicted molar refractivity (Wildman–Crippen MR) is 95.3 cm³/mol. The Kier molecular flexibility index (Phi) is 7.70. The van der Waals surface area contributed by atoms with Crippen LogP contribution in [0.1, 0.15) is 58.3 Å². The molecule has 1 fully saturated rings. The smallest absolute Gasteiger partial charge is 0.333 e. The highest BCUT2D eigenvalue weighted by Crippen LogP contribution is 2.27. The van der Waals surface area contributed by atoms with E-state index in [9.17, 15) is 9.90 Å². The van der Waals surface area contributed by atoms with Crippen LogP contribution in [-0.4, -0.2) is 36.7 Å². The van der Waals surface area contributed by atoms with Gasteiger partial charge in [0.2, 0.25) is 0 Å². The molecule has 6 nitrogen and oxygen atoms in total. The molecule has 0 saturated carbocycles. The average molecular weight is 364 g/mol. The number of carbonyl (C=O) groups is 1. The number of ether oxygens (including phenoxy) is 3. The summed E-state index contributed by atoms with van der Waals surface area (Å²) in [5.74, 6) is 5.60. The topological polar surface area (TPSA) is 78.1 Å². The second-order valence-corrected chi connectivity index (χ2v) is 7.39. The van der Waals surface area contributed by atoms with E-state index in [1.54, 1.807) is 6.26 Å². The van der Waals surface area contributed by atoms with Crippen LogP contribution in [0.15, 0.2) is 22.8 Å². The minimum absolute atomic E-state index is 0.0546. The molecule has 1 aromatic rings. The summed E-state index contributed by atoms with van der Waals surface area (Å²) in [4.78, 5) is 11.3. The molecule has 1 N–H and O–H groups in total. The zero-order valence-electron chi connectivity index (χ0n) is 15.7. The molecular weight excluding hydrogens is 336 g/mol. The fourth-order valence-electron chi connectivity index (χ4n) is 2.72. The summed E-state index contributed by atoms with van der Waals surface area (Å²) in [6, 6.07) is 3.66. The highest BCUT2D eigenvalue weighted by atomic mass is 16.7. The van der Waals surface area contributed by atoms with Gasteiger partial charge in [-0.05, 0) is 36.8 Å². The van der Waals surface area contributed by atoms with Gasteiger partial charge in [0.05, 0.1) is 6.26 Å². The van der Waals surface area contributed by atoms with Gasteiger partial charge in [0.25, 0.3) is 0 Å². The third-order valence-corrected chi connectivity index (χ3v) is 4.06. The van der Waals surface area contributed by atoms with Gasteiger partial charge in [0.15, 0.2) is 12.4 Å². The van der Waals surface area contributed by atoms with E-state index >= 15 is 0 Å². The monoisotopic (exact) mass is 364 g/mol. The molecule has 26 heavy (non-hydrogen) atoms. The molecule has 0 aliphatic carbocycles. The van der Waals surface area contributed by atoms with Gasteiger partial charge in [0, 0.05) is 13.0 Å².